The maximum Gasteiger partial charge on any atom is 0.273 e. The van der Waals surface area contributed by atoms with Crippen molar-refractivity contribution < 1.29 is 14.3 Å². The molecular formula is C17H19N3O3S. The van der Waals surface area contributed by atoms with E-state index >= 15 is 0 Å². The van der Waals surface area contributed by atoms with Crippen LogP contribution in [0.1, 0.15) is 16.2 Å². The van der Waals surface area contributed by atoms with Crippen molar-refractivity contribution in [3.8, 4) is 0 Å². The maximum absolute atomic E-state index is 12.6. The summed E-state index contributed by atoms with van der Waals surface area (Å²) in [4.78, 5) is 22.9. The summed E-state index contributed by atoms with van der Waals surface area (Å²) in [5.41, 5.74) is 3.03. The molecule has 4 rings (SSSR count). The number of ether oxygens (including phenoxy) is 2. The molecule has 0 aromatic carbocycles. The highest BCUT2D eigenvalue weighted by atomic mass is 32.1. The molecule has 2 aromatic rings. The van der Waals surface area contributed by atoms with Gasteiger partial charge in [0.1, 0.15) is 5.69 Å². The smallest absolute Gasteiger partial charge is 0.273 e. The first kappa shape index (κ1) is 15.7. The van der Waals surface area contributed by atoms with Crippen molar-refractivity contribution >= 4 is 17.2 Å². The third-order valence-electron chi connectivity index (χ3n) is 4.83. The van der Waals surface area contributed by atoms with Crippen LogP contribution in [0, 0.1) is 11.3 Å². The number of nitrogens with zero attached hydrogens (tertiary/aromatic N) is 3. The van der Waals surface area contributed by atoms with Crippen LogP contribution >= 0.6 is 11.3 Å². The molecule has 0 unspecified atom stereocenters. The normalized spacial score (nSPS) is 25.8. The molecule has 0 spiro atoms. The van der Waals surface area contributed by atoms with Crippen molar-refractivity contribution in [2.75, 3.05) is 32.9 Å². The van der Waals surface area contributed by atoms with E-state index in [0.717, 1.165) is 5.69 Å². The van der Waals surface area contributed by atoms with Gasteiger partial charge in [-0.2, -0.15) is 0 Å². The van der Waals surface area contributed by atoms with Crippen molar-refractivity contribution in [3.05, 3.63) is 46.7 Å². The Labute approximate surface area is 144 Å². The fourth-order valence-corrected chi connectivity index (χ4v) is 4.04. The number of hydrogen-bond donors (Lipinski definition) is 0. The van der Waals surface area contributed by atoms with Crippen LogP contribution in [0.25, 0.3) is 0 Å². The van der Waals surface area contributed by atoms with Gasteiger partial charge in [-0.3, -0.25) is 9.78 Å². The Kier molecular flexibility index (Phi) is 4.30. The minimum absolute atomic E-state index is 0.00903. The second-order valence-electron chi connectivity index (χ2n) is 6.45. The quantitative estimate of drug-likeness (QED) is 0.827. The molecule has 1 amide bonds. The first-order chi connectivity index (χ1) is 11.8. The summed E-state index contributed by atoms with van der Waals surface area (Å²) in [6.45, 7) is 3.76. The molecule has 2 atom stereocenters. The molecular weight excluding hydrogens is 326 g/mol. The first-order valence-electron chi connectivity index (χ1n) is 8.00. The van der Waals surface area contributed by atoms with Gasteiger partial charge in [0, 0.05) is 36.0 Å². The van der Waals surface area contributed by atoms with Gasteiger partial charge in [0.05, 0.1) is 37.6 Å². The van der Waals surface area contributed by atoms with E-state index in [0.29, 0.717) is 51.1 Å². The molecule has 126 valence electrons. The number of carbonyl (C=O) groups is 1. The number of likely N-dealkylation sites (tertiary alicyclic amines) is 1. The lowest BCUT2D eigenvalue weighted by Crippen LogP contribution is -2.37. The monoisotopic (exact) mass is 345 g/mol. The van der Waals surface area contributed by atoms with Crippen LogP contribution in [0.15, 0.2) is 35.3 Å². The van der Waals surface area contributed by atoms with Crippen molar-refractivity contribution in [1.82, 2.24) is 14.9 Å². The standard InChI is InChI=1S/C17H19N3O3S/c21-16(15-8-24-12-19-15)20-5-13-6-22-10-17(13,9-20)11-23-7-14-3-1-2-4-18-14/h1-4,8,12-13H,5-7,9-11H2/t13-,17+/m1/s1. The molecule has 0 aliphatic carbocycles. The number of amides is 1. The fraction of sp³-hybridized carbons (Fsp3) is 0.471. The van der Waals surface area contributed by atoms with Crippen LogP contribution in [-0.2, 0) is 16.1 Å². The molecule has 2 fully saturated rings. The minimum atomic E-state index is -0.111. The summed E-state index contributed by atoms with van der Waals surface area (Å²) >= 11 is 1.44. The van der Waals surface area contributed by atoms with Gasteiger partial charge >= 0.3 is 0 Å². The van der Waals surface area contributed by atoms with Crippen LogP contribution in [0.3, 0.4) is 0 Å². The van der Waals surface area contributed by atoms with E-state index in [9.17, 15) is 4.79 Å². The summed E-state index contributed by atoms with van der Waals surface area (Å²) < 4.78 is 11.6. The van der Waals surface area contributed by atoms with E-state index in [1.54, 1.807) is 17.1 Å². The van der Waals surface area contributed by atoms with Gasteiger partial charge in [-0.25, -0.2) is 4.98 Å². The number of pyridine rings is 1. The molecule has 6 nitrogen and oxygen atoms in total. The zero-order chi connectivity index (χ0) is 16.4. The lowest BCUT2D eigenvalue weighted by Gasteiger charge is -2.26. The van der Waals surface area contributed by atoms with E-state index in [-0.39, 0.29) is 11.3 Å². The van der Waals surface area contributed by atoms with Crippen LogP contribution in [0.2, 0.25) is 0 Å². The van der Waals surface area contributed by atoms with Crippen LogP contribution in [0.4, 0.5) is 0 Å². The highest BCUT2D eigenvalue weighted by Gasteiger charge is 2.52. The summed E-state index contributed by atoms with van der Waals surface area (Å²) in [5, 5.41) is 1.80. The summed E-state index contributed by atoms with van der Waals surface area (Å²) in [6.07, 6.45) is 1.77. The van der Waals surface area contributed by atoms with Gasteiger partial charge < -0.3 is 14.4 Å². The van der Waals surface area contributed by atoms with Gasteiger partial charge in [-0.15, -0.1) is 11.3 Å². The average Bonchev–Trinajstić information content (AvgIpc) is 3.31. The Morgan fingerprint density at radius 2 is 2.42 bits per heavy atom. The molecule has 2 aliphatic rings. The summed E-state index contributed by atoms with van der Waals surface area (Å²) in [7, 11) is 0. The van der Waals surface area contributed by atoms with Gasteiger partial charge in [-0.05, 0) is 12.1 Å². The lowest BCUT2D eigenvalue weighted by molar-refractivity contribution is 0.0174. The first-order valence-corrected chi connectivity index (χ1v) is 8.94. The van der Waals surface area contributed by atoms with Gasteiger partial charge in [0.2, 0.25) is 0 Å². The van der Waals surface area contributed by atoms with Crippen LogP contribution < -0.4 is 0 Å². The van der Waals surface area contributed by atoms with Gasteiger partial charge in [-0.1, -0.05) is 6.07 Å². The molecule has 2 saturated heterocycles. The van der Waals surface area contributed by atoms with Crippen molar-refractivity contribution in [1.29, 1.82) is 0 Å². The molecule has 4 heterocycles. The SMILES string of the molecule is O=C(c1cscn1)N1C[C@@H]2COC[C@]2(COCc2ccccn2)C1. The number of thiazole rings is 1. The average molecular weight is 345 g/mol. The predicted octanol–water partition coefficient (Wildman–Crippen LogP) is 1.84. The second-order valence-corrected chi connectivity index (χ2v) is 7.17. The molecule has 7 heteroatoms. The van der Waals surface area contributed by atoms with Gasteiger partial charge in [0.15, 0.2) is 0 Å². The number of aromatic nitrogens is 2. The largest absolute Gasteiger partial charge is 0.380 e. The van der Waals surface area contributed by atoms with E-state index in [1.165, 1.54) is 11.3 Å². The Morgan fingerprint density at radius 1 is 1.46 bits per heavy atom. The van der Waals surface area contributed by atoms with E-state index < -0.39 is 0 Å². The van der Waals surface area contributed by atoms with Crippen LogP contribution in [0.5, 0.6) is 0 Å². The second kappa shape index (κ2) is 6.58. The Morgan fingerprint density at radius 3 is 3.21 bits per heavy atom. The van der Waals surface area contributed by atoms with Crippen molar-refractivity contribution in [2.45, 2.75) is 6.61 Å². The van der Waals surface area contributed by atoms with E-state index in [4.69, 9.17) is 9.47 Å². The molecule has 2 aromatic heterocycles. The number of fused-ring (bicyclic) bond motifs is 1. The minimum Gasteiger partial charge on any atom is -0.380 e. The third kappa shape index (κ3) is 2.94. The summed E-state index contributed by atoms with van der Waals surface area (Å²) in [6, 6.07) is 5.80. The lowest BCUT2D eigenvalue weighted by atomic mass is 9.82. The zero-order valence-corrected chi connectivity index (χ0v) is 14.1. The molecule has 24 heavy (non-hydrogen) atoms. The van der Waals surface area contributed by atoms with Gasteiger partial charge in [0.25, 0.3) is 5.91 Å². The topological polar surface area (TPSA) is 64.6 Å². The summed E-state index contributed by atoms with van der Waals surface area (Å²) in [5.74, 6) is 0.332. The highest BCUT2D eigenvalue weighted by Crippen LogP contribution is 2.42. The Bertz CT molecular complexity index is 694. The molecule has 0 radical (unpaired) electrons. The zero-order valence-electron chi connectivity index (χ0n) is 13.3. The molecule has 0 bridgehead atoms. The third-order valence-corrected chi connectivity index (χ3v) is 5.41. The predicted molar refractivity (Wildman–Crippen MR) is 88.7 cm³/mol. The van der Waals surface area contributed by atoms with E-state index in [1.807, 2.05) is 23.1 Å². The van der Waals surface area contributed by atoms with Crippen molar-refractivity contribution in [3.63, 3.8) is 0 Å². The molecule has 0 saturated carbocycles. The Balaban J connectivity index is 1.40. The fourth-order valence-electron chi connectivity index (χ4n) is 3.51. The van der Waals surface area contributed by atoms with E-state index in [2.05, 4.69) is 9.97 Å². The molecule has 0 N–H and O–H groups in total. The van der Waals surface area contributed by atoms with Crippen LogP contribution in [-0.4, -0.2) is 53.7 Å². The highest BCUT2D eigenvalue weighted by molar-refractivity contribution is 7.07. The maximum atomic E-state index is 12.6. The number of carbonyl (C=O) groups excluding carboxylic acids is 1. The molecule has 2 aliphatic heterocycles. The number of hydrogen-bond acceptors (Lipinski definition) is 6. The Hall–Kier alpha value is -1.83. The van der Waals surface area contributed by atoms with Crippen molar-refractivity contribution in [2.24, 2.45) is 11.3 Å². The number of rotatable bonds is 5.